The molecular weight excluding hydrogens is 186 g/mol. The van der Waals surface area contributed by atoms with Gasteiger partial charge in [-0.25, -0.2) is 4.98 Å². The minimum absolute atomic E-state index is 0.461. The molecule has 2 aromatic heterocycles. The minimum atomic E-state index is 0.461. The quantitative estimate of drug-likeness (QED) is 0.649. The Morgan fingerprint density at radius 3 is 2.69 bits per heavy atom. The summed E-state index contributed by atoms with van der Waals surface area (Å²) < 4.78 is 0. The molecule has 2 heterocycles. The van der Waals surface area contributed by atoms with Crippen LogP contribution in [0, 0.1) is 0 Å². The van der Waals surface area contributed by atoms with Crippen LogP contribution >= 0.6 is 11.6 Å². The Kier molecular flexibility index (Phi) is 2.19. The van der Waals surface area contributed by atoms with E-state index in [0.29, 0.717) is 5.15 Å². The summed E-state index contributed by atoms with van der Waals surface area (Å²) in [5, 5.41) is 0.461. The van der Waals surface area contributed by atoms with Crippen molar-refractivity contribution in [1.29, 1.82) is 0 Å². The van der Waals surface area contributed by atoms with Gasteiger partial charge in [0, 0.05) is 12.4 Å². The maximum atomic E-state index is 5.74. The van der Waals surface area contributed by atoms with Crippen LogP contribution in [0.2, 0.25) is 5.15 Å². The molecule has 13 heavy (non-hydrogen) atoms. The zero-order valence-electron chi connectivity index (χ0n) is 6.68. The van der Waals surface area contributed by atoms with Crippen molar-refractivity contribution in [3.05, 3.63) is 41.9 Å². The van der Waals surface area contributed by atoms with E-state index in [9.17, 15) is 0 Å². The van der Waals surface area contributed by atoms with Gasteiger partial charge in [-0.05, 0) is 12.1 Å². The second-order valence-electron chi connectivity index (χ2n) is 2.44. The molecule has 64 valence electrons. The standard InChI is InChI=1S/C9H6ClN3/c10-9-3-1-2-7(13-9)8-6-11-4-5-12-8/h1-6H. The molecule has 0 aliphatic heterocycles. The number of halogens is 1. The molecule has 0 saturated heterocycles. The predicted octanol–water partition coefficient (Wildman–Crippen LogP) is 2.19. The van der Waals surface area contributed by atoms with Gasteiger partial charge in [0.05, 0.1) is 11.9 Å². The number of hydrogen-bond acceptors (Lipinski definition) is 3. The van der Waals surface area contributed by atoms with Gasteiger partial charge in [-0.1, -0.05) is 17.7 Å². The predicted molar refractivity (Wildman–Crippen MR) is 50.3 cm³/mol. The van der Waals surface area contributed by atoms with Gasteiger partial charge in [-0.2, -0.15) is 0 Å². The van der Waals surface area contributed by atoms with Crippen LogP contribution in [0.4, 0.5) is 0 Å². The van der Waals surface area contributed by atoms with Crippen molar-refractivity contribution < 1.29 is 0 Å². The summed E-state index contributed by atoms with van der Waals surface area (Å²) in [5.41, 5.74) is 1.46. The van der Waals surface area contributed by atoms with Gasteiger partial charge in [-0.15, -0.1) is 0 Å². The van der Waals surface area contributed by atoms with E-state index in [2.05, 4.69) is 15.0 Å². The molecule has 0 saturated carbocycles. The highest BCUT2D eigenvalue weighted by Gasteiger charge is 1.99. The first kappa shape index (κ1) is 8.13. The summed E-state index contributed by atoms with van der Waals surface area (Å²) in [6.45, 7) is 0. The topological polar surface area (TPSA) is 38.7 Å². The van der Waals surface area contributed by atoms with Gasteiger partial charge in [0.25, 0.3) is 0 Å². The maximum Gasteiger partial charge on any atom is 0.129 e. The molecule has 3 nitrogen and oxygen atoms in total. The highest BCUT2D eigenvalue weighted by atomic mass is 35.5. The second kappa shape index (κ2) is 3.49. The molecule has 0 unspecified atom stereocenters. The highest BCUT2D eigenvalue weighted by molar-refractivity contribution is 6.29. The van der Waals surface area contributed by atoms with Gasteiger partial charge in [0.1, 0.15) is 10.8 Å². The first-order valence-corrected chi connectivity index (χ1v) is 4.13. The largest absolute Gasteiger partial charge is 0.261 e. The number of nitrogens with zero attached hydrogens (tertiary/aromatic N) is 3. The molecule has 0 spiro atoms. The zero-order chi connectivity index (χ0) is 9.10. The molecule has 0 amide bonds. The van der Waals surface area contributed by atoms with Gasteiger partial charge in [-0.3, -0.25) is 9.97 Å². The van der Waals surface area contributed by atoms with Crippen LogP contribution in [-0.2, 0) is 0 Å². The summed E-state index contributed by atoms with van der Waals surface area (Å²) in [4.78, 5) is 12.2. The van der Waals surface area contributed by atoms with E-state index in [1.807, 2.05) is 12.1 Å². The lowest BCUT2D eigenvalue weighted by Crippen LogP contribution is -1.87. The monoisotopic (exact) mass is 191 g/mol. The van der Waals surface area contributed by atoms with Gasteiger partial charge < -0.3 is 0 Å². The van der Waals surface area contributed by atoms with E-state index in [1.54, 1.807) is 24.7 Å². The Morgan fingerprint density at radius 2 is 2.00 bits per heavy atom. The van der Waals surface area contributed by atoms with E-state index < -0.39 is 0 Å². The summed E-state index contributed by atoms with van der Waals surface area (Å²) in [6.07, 6.45) is 4.89. The molecule has 0 bridgehead atoms. The van der Waals surface area contributed by atoms with Crippen LogP contribution in [-0.4, -0.2) is 15.0 Å². The summed E-state index contributed by atoms with van der Waals surface area (Å²) in [6, 6.07) is 5.40. The first-order chi connectivity index (χ1) is 6.36. The van der Waals surface area contributed by atoms with Crippen LogP contribution in [0.15, 0.2) is 36.8 Å². The molecule has 0 N–H and O–H groups in total. The van der Waals surface area contributed by atoms with Gasteiger partial charge in [0.15, 0.2) is 0 Å². The number of rotatable bonds is 1. The van der Waals surface area contributed by atoms with Crippen LogP contribution < -0.4 is 0 Å². The van der Waals surface area contributed by atoms with Crippen LogP contribution in [0.5, 0.6) is 0 Å². The normalized spacial score (nSPS) is 9.92. The fourth-order valence-corrected chi connectivity index (χ4v) is 1.15. The number of pyridine rings is 1. The maximum absolute atomic E-state index is 5.74. The Labute approximate surface area is 80.5 Å². The van der Waals surface area contributed by atoms with E-state index in [1.165, 1.54) is 0 Å². The first-order valence-electron chi connectivity index (χ1n) is 3.75. The summed E-state index contributed by atoms with van der Waals surface area (Å²) in [5.74, 6) is 0. The highest BCUT2D eigenvalue weighted by Crippen LogP contribution is 2.14. The lowest BCUT2D eigenvalue weighted by atomic mass is 10.3. The third kappa shape index (κ3) is 1.81. The van der Waals surface area contributed by atoms with Crippen molar-refractivity contribution in [1.82, 2.24) is 15.0 Å². The van der Waals surface area contributed by atoms with Crippen molar-refractivity contribution in [2.75, 3.05) is 0 Å². The van der Waals surface area contributed by atoms with E-state index in [4.69, 9.17) is 11.6 Å². The second-order valence-corrected chi connectivity index (χ2v) is 2.82. The molecule has 0 atom stereocenters. The average Bonchev–Trinajstić information content (AvgIpc) is 2.19. The van der Waals surface area contributed by atoms with Crippen molar-refractivity contribution in [3.63, 3.8) is 0 Å². The number of aromatic nitrogens is 3. The molecule has 0 aliphatic carbocycles. The minimum Gasteiger partial charge on any atom is -0.261 e. The lowest BCUT2D eigenvalue weighted by molar-refractivity contribution is 1.18. The molecule has 0 aliphatic rings. The third-order valence-corrected chi connectivity index (χ3v) is 1.75. The van der Waals surface area contributed by atoms with Crippen molar-refractivity contribution in [2.24, 2.45) is 0 Å². The molecule has 0 fully saturated rings. The van der Waals surface area contributed by atoms with E-state index in [-0.39, 0.29) is 0 Å². The fourth-order valence-electron chi connectivity index (χ4n) is 0.982. The molecule has 0 aromatic carbocycles. The van der Waals surface area contributed by atoms with Crippen LogP contribution in [0.1, 0.15) is 0 Å². The average molecular weight is 192 g/mol. The lowest BCUT2D eigenvalue weighted by Gasteiger charge is -1.97. The molecule has 2 aromatic rings. The van der Waals surface area contributed by atoms with Crippen molar-refractivity contribution in [2.45, 2.75) is 0 Å². The van der Waals surface area contributed by atoms with Crippen molar-refractivity contribution >= 4 is 11.6 Å². The molecule has 0 radical (unpaired) electrons. The molecular formula is C9H6ClN3. The van der Waals surface area contributed by atoms with E-state index in [0.717, 1.165) is 11.4 Å². The Bertz CT molecular complexity index is 403. The summed E-state index contributed by atoms with van der Waals surface area (Å²) in [7, 11) is 0. The van der Waals surface area contributed by atoms with Crippen LogP contribution in [0.3, 0.4) is 0 Å². The van der Waals surface area contributed by atoms with Gasteiger partial charge in [0.2, 0.25) is 0 Å². The fraction of sp³-hybridized carbons (Fsp3) is 0. The Morgan fingerprint density at radius 1 is 1.08 bits per heavy atom. The SMILES string of the molecule is Clc1cccc(-c2cnccn2)n1. The van der Waals surface area contributed by atoms with Crippen molar-refractivity contribution in [3.8, 4) is 11.4 Å². The van der Waals surface area contributed by atoms with Gasteiger partial charge >= 0.3 is 0 Å². The summed E-state index contributed by atoms with van der Waals surface area (Å²) >= 11 is 5.74. The van der Waals surface area contributed by atoms with E-state index >= 15 is 0 Å². The smallest absolute Gasteiger partial charge is 0.129 e. The zero-order valence-corrected chi connectivity index (χ0v) is 7.44. The Balaban J connectivity index is 2.48. The molecule has 2 rings (SSSR count). The molecule has 4 heteroatoms. The number of hydrogen-bond donors (Lipinski definition) is 0. The van der Waals surface area contributed by atoms with Crippen LogP contribution in [0.25, 0.3) is 11.4 Å². The third-order valence-electron chi connectivity index (χ3n) is 1.54. The Hall–Kier alpha value is -1.48.